The number of carboxylic acids is 1. The summed E-state index contributed by atoms with van der Waals surface area (Å²) in [5.74, 6) is -1.79. The van der Waals surface area contributed by atoms with E-state index < -0.39 is 11.7 Å². The molecule has 0 aliphatic carbocycles. The van der Waals surface area contributed by atoms with E-state index in [9.17, 15) is 15.0 Å². The van der Waals surface area contributed by atoms with E-state index in [1.165, 1.54) is 17.2 Å². The van der Waals surface area contributed by atoms with Gasteiger partial charge < -0.3 is 15.3 Å². The van der Waals surface area contributed by atoms with Crippen molar-refractivity contribution >= 4 is 5.97 Å². The topological polar surface area (TPSA) is 77.8 Å². The molecule has 0 saturated heterocycles. The Kier molecular flexibility index (Phi) is 8.70. The number of hydrogen-bond donors (Lipinski definition) is 3. The van der Waals surface area contributed by atoms with Crippen LogP contribution in [0.4, 0.5) is 0 Å². The first kappa shape index (κ1) is 21.6. The highest BCUT2D eigenvalue weighted by Gasteiger charge is 2.12. The van der Waals surface area contributed by atoms with Gasteiger partial charge in [0.25, 0.3) is 0 Å². The molecule has 0 bridgehead atoms. The number of aromatic carboxylic acids is 1. The van der Waals surface area contributed by atoms with Gasteiger partial charge in [0.05, 0.1) is 5.56 Å². The van der Waals surface area contributed by atoms with Crippen molar-refractivity contribution in [2.75, 3.05) is 0 Å². The fourth-order valence-corrected chi connectivity index (χ4v) is 2.58. The second-order valence-electron chi connectivity index (χ2n) is 6.97. The first-order valence-corrected chi connectivity index (χ1v) is 8.93. The van der Waals surface area contributed by atoms with Gasteiger partial charge in [-0.25, -0.2) is 4.79 Å². The molecule has 4 heteroatoms. The molecule has 0 atom stereocenters. The molecular weight excluding hydrogens is 328 g/mol. The smallest absolute Gasteiger partial charge is 0.335 e. The highest BCUT2D eigenvalue weighted by Crippen LogP contribution is 2.31. The molecule has 26 heavy (non-hydrogen) atoms. The maximum absolute atomic E-state index is 11.1. The summed E-state index contributed by atoms with van der Waals surface area (Å²) in [5.41, 5.74) is 4.27. The third-order valence-corrected chi connectivity index (χ3v) is 4.21. The average molecular weight is 358 g/mol. The summed E-state index contributed by atoms with van der Waals surface area (Å²) in [6.45, 7) is 8.38. The van der Waals surface area contributed by atoms with Crippen LogP contribution in [0.15, 0.2) is 47.1 Å². The third-order valence-electron chi connectivity index (χ3n) is 4.21. The lowest BCUT2D eigenvalue weighted by Gasteiger charge is -2.07. The van der Waals surface area contributed by atoms with Crippen LogP contribution in [0.1, 0.15) is 69.3 Å². The quantitative estimate of drug-likeness (QED) is 0.387. The van der Waals surface area contributed by atoms with Gasteiger partial charge in [-0.2, -0.15) is 0 Å². The van der Waals surface area contributed by atoms with Gasteiger partial charge in [0, 0.05) is 5.56 Å². The molecule has 1 aromatic rings. The number of carbonyl (C=O) groups is 1. The number of allylic oxidation sites excluding steroid dienone is 6. The Morgan fingerprint density at radius 1 is 0.923 bits per heavy atom. The van der Waals surface area contributed by atoms with Crippen molar-refractivity contribution < 1.29 is 20.1 Å². The fraction of sp³-hybridized carbons (Fsp3) is 0.409. The third kappa shape index (κ3) is 7.60. The first-order chi connectivity index (χ1) is 12.2. The molecule has 1 aromatic carbocycles. The maximum Gasteiger partial charge on any atom is 0.335 e. The van der Waals surface area contributed by atoms with Gasteiger partial charge in [0.2, 0.25) is 0 Å². The molecular formula is C22H30O4. The second-order valence-corrected chi connectivity index (χ2v) is 6.97. The predicted molar refractivity (Wildman–Crippen MR) is 106 cm³/mol. The van der Waals surface area contributed by atoms with Crippen LogP contribution >= 0.6 is 0 Å². The maximum atomic E-state index is 11.1. The zero-order valence-electron chi connectivity index (χ0n) is 16.2. The molecule has 0 heterocycles. The molecule has 3 N–H and O–H groups in total. The lowest BCUT2D eigenvalue weighted by Crippen LogP contribution is -1.98. The minimum absolute atomic E-state index is 0.0312. The van der Waals surface area contributed by atoms with Crippen LogP contribution in [-0.2, 0) is 6.42 Å². The summed E-state index contributed by atoms with van der Waals surface area (Å²) in [6, 6.07) is 2.45. The standard InChI is InChI=1S/C22H30O4/c1-15(2)7-5-8-16(3)9-6-10-17(4)11-12-18-13-19(22(25)26)14-20(23)21(18)24/h7,9,11,13-14,23-24H,5-6,8,10,12H2,1-4H3,(H,25,26)/b16-9-,17-11+. The van der Waals surface area contributed by atoms with Gasteiger partial charge in [-0.05, 0) is 71.9 Å². The summed E-state index contributed by atoms with van der Waals surface area (Å²) in [6.07, 6.45) is 10.9. The van der Waals surface area contributed by atoms with Crippen molar-refractivity contribution in [3.8, 4) is 11.5 Å². The van der Waals surface area contributed by atoms with Gasteiger partial charge in [0.15, 0.2) is 11.5 Å². The number of benzene rings is 1. The largest absolute Gasteiger partial charge is 0.504 e. The summed E-state index contributed by atoms with van der Waals surface area (Å²) >= 11 is 0. The minimum atomic E-state index is -1.13. The zero-order valence-corrected chi connectivity index (χ0v) is 16.2. The Balaban J connectivity index is 2.61. The van der Waals surface area contributed by atoms with Crippen LogP contribution in [-0.4, -0.2) is 21.3 Å². The van der Waals surface area contributed by atoms with Crippen LogP contribution in [0.2, 0.25) is 0 Å². The highest BCUT2D eigenvalue weighted by atomic mass is 16.4. The van der Waals surface area contributed by atoms with Crippen molar-refractivity contribution in [3.63, 3.8) is 0 Å². The lowest BCUT2D eigenvalue weighted by atomic mass is 10.0. The van der Waals surface area contributed by atoms with Crippen molar-refractivity contribution in [1.82, 2.24) is 0 Å². The van der Waals surface area contributed by atoms with Crippen LogP contribution < -0.4 is 0 Å². The van der Waals surface area contributed by atoms with Crippen molar-refractivity contribution in [2.45, 2.75) is 59.8 Å². The molecule has 0 aromatic heterocycles. The highest BCUT2D eigenvalue weighted by molar-refractivity contribution is 5.89. The summed E-state index contributed by atoms with van der Waals surface area (Å²) in [4.78, 5) is 11.1. The van der Waals surface area contributed by atoms with Gasteiger partial charge >= 0.3 is 5.97 Å². The van der Waals surface area contributed by atoms with Gasteiger partial charge in [-0.3, -0.25) is 0 Å². The SMILES string of the molecule is CC(C)=CCC/C(C)=C\CC/C(C)=C/Cc1cc(C(=O)O)cc(O)c1O. The molecule has 142 valence electrons. The van der Waals surface area contributed by atoms with E-state index in [0.717, 1.165) is 37.3 Å². The van der Waals surface area contributed by atoms with Crippen LogP contribution in [0.25, 0.3) is 0 Å². The van der Waals surface area contributed by atoms with Gasteiger partial charge in [0.1, 0.15) is 0 Å². The van der Waals surface area contributed by atoms with E-state index in [1.54, 1.807) is 0 Å². The van der Waals surface area contributed by atoms with E-state index in [4.69, 9.17) is 5.11 Å². The minimum Gasteiger partial charge on any atom is -0.504 e. The van der Waals surface area contributed by atoms with E-state index in [-0.39, 0.29) is 11.3 Å². The van der Waals surface area contributed by atoms with E-state index >= 15 is 0 Å². The molecule has 0 aliphatic heterocycles. The Hall–Kier alpha value is -2.49. The fourth-order valence-electron chi connectivity index (χ4n) is 2.58. The molecule has 0 fully saturated rings. The number of aromatic hydroxyl groups is 2. The molecule has 0 radical (unpaired) electrons. The van der Waals surface area contributed by atoms with Crippen LogP contribution in [0, 0.1) is 0 Å². The summed E-state index contributed by atoms with van der Waals surface area (Å²) in [5, 5.41) is 28.6. The molecule has 1 rings (SSSR count). The lowest BCUT2D eigenvalue weighted by molar-refractivity contribution is 0.0696. The van der Waals surface area contributed by atoms with Crippen molar-refractivity contribution in [3.05, 3.63) is 58.2 Å². The number of phenolic OH excluding ortho intramolecular Hbond substituents is 2. The molecule has 0 spiro atoms. The molecule has 0 aliphatic rings. The van der Waals surface area contributed by atoms with Gasteiger partial charge in [-0.1, -0.05) is 34.9 Å². The molecule has 0 saturated carbocycles. The molecule has 0 unspecified atom stereocenters. The number of hydrogen-bond acceptors (Lipinski definition) is 3. The normalized spacial score (nSPS) is 12.2. The van der Waals surface area contributed by atoms with E-state index in [2.05, 4.69) is 32.9 Å². The second kappa shape index (κ2) is 10.5. The summed E-state index contributed by atoms with van der Waals surface area (Å²) in [7, 11) is 0. The monoisotopic (exact) mass is 358 g/mol. The van der Waals surface area contributed by atoms with E-state index in [0.29, 0.717) is 12.0 Å². The number of phenols is 2. The molecule has 0 amide bonds. The average Bonchev–Trinajstić information content (AvgIpc) is 2.55. The van der Waals surface area contributed by atoms with E-state index in [1.807, 2.05) is 13.0 Å². The predicted octanol–water partition coefficient (Wildman–Crippen LogP) is 5.76. The molecule has 4 nitrogen and oxygen atoms in total. The Morgan fingerprint density at radius 3 is 2.08 bits per heavy atom. The van der Waals surface area contributed by atoms with Crippen LogP contribution in [0.5, 0.6) is 11.5 Å². The zero-order chi connectivity index (χ0) is 19.7. The van der Waals surface area contributed by atoms with Crippen molar-refractivity contribution in [1.29, 1.82) is 0 Å². The van der Waals surface area contributed by atoms with Crippen LogP contribution in [0.3, 0.4) is 0 Å². The Morgan fingerprint density at radius 2 is 1.50 bits per heavy atom. The number of carboxylic acid groups (broad SMARTS) is 1. The summed E-state index contributed by atoms with van der Waals surface area (Å²) < 4.78 is 0. The number of rotatable bonds is 9. The first-order valence-electron chi connectivity index (χ1n) is 8.93. The Bertz CT molecular complexity index is 720. The van der Waals surface area contributed by atoms with Crippen molar-refractivity contribution in [2.24, 2.45) is 0 Å². The Labute approximate surface area is 156 Å². The van der Waals surface area contributed by atoms with Gasteiger partial charge in [-0.15, -0.1) is 0 Å².